The first-order valence-corrected chi connectivity index (χ1v) is 12.2. The molecule has 0 bridgehead atoms. The lowest BCUT2D eigenvalue weighted by Crippen LogP contribution is -2.56. The van der Waals surface area contributed by atoms with Crippen LogP contribution in [0.1, 0.15) is 76.6 Å². The maximum Gasteiger partial charge on any atom is 0.332 e. The first kappa shape index (κ1) is 22.1. The second kappa shape index (κ2) is 7.91. The van der Waals surface area contributed by atoms with Crippen LogP contribution in [-0.2, 0) is 35.7 Å². The summed E-state index contributed by atoms with van der Waals surface area (Å²) in [7, 11) is -3.87. The Labute approximate surface area is 175 Å². The summed E-state index contributed by atoms with van der Waals surface area (Å²) >= 11 is 0. The molecule has 7 heteroatoms. The number of aryl methyl sites for hydroxylation is 2. The highest BCUT2D eigenvalue weighted by molar-refractivity contribution is 7.90. The molecule has 3 rings (SSSR count). The molecule has 0 saturated carbocycles. The number of carbonyl (C=O) groups excluding carboxylic acids is 1. The monoisotopic (exact) mass is 421 g/mol. The normalized spacial score (nSPS) is 17.4. The number of hydrogen-bond donors (Lipinski definition) is 2. The minimum absolute atomic E-state index is 0.0188. The van der Waals surface area contributed by atoms with Gasteiger partial charge in [-0.25, -0.2) is 17.9 Å². The number of amides is 2. The van der Waals surface area contributed by atoms with Gasteiger partial charge in [-0.1, -0.05) is 6.07 Å². The molecule has 0 fully saturated rings. The molecular formula is C22H35N3O3S. The van der Waals surface area contributed by atoms with Crippen LogP contribution in [0.15, 0.2) is 6.07 Å². The van der Waals surface area contributed by atoms with Gasteiger partial charge in [0.05, 0.1) is 0 Å². The maximum atomic E-state index is 13.0. The van der Waals surface area contributed by atoms with Crippen molar-refractivity contribution >= 4 is 21.7 Å². The first-order chi connectivity index (χ1) is 13.4. The van der Waals surface area contributed by atoms with Gasteiger partial charge in [0, 0.05) is 17.3 Å². The Bertz CT molecular complexity index is 869. The van der Waals surface area contributed by atoms with Crippen LogP contribution in [0.25, 0.3) is 0 Å². The van der Waals surface area contributed by atoms with Gasteiger partial charge in [0.15, 0.2) is 0 Å². The minimum Gasteiger partial charge on any atom is -0.307 e. The van der Waals surface area contributed by atoms with Crippen molar-refractivity contribution in [3.05, 3.63) is 28.3 Å². The zero-order valence-electron chi connectivity index (χ0n) is 18.6. The van der Waals surface area contributed by atoms with Crippen molar-refractivity contribution in [2.24, 2.45) is 0 Å². The highest BCUT2D eigenvalue weighted by Gasteiger charge is 2.37. The van der Waals surface area contributed by atoms with Crippen molar-refractivity contribution in [3.63, 3.8) is 0 Å². The molecule has 2 amide bonds. The number of benzene rings is 1. The average molecular weight is 422 g/mol. The van der Waals surface area contributed by atoms with E-state index in [1.807, 2.05) is 39.5 Å². The van der Waals surface area contributed by atoms with E-state index in [0.29, 0.717) is 0 Å². The van der Waals surface area contributed by atoms with Crippen LogP contribution in [0.4, 0.5) is 10.5 Å². The number of carbonyl (C=O) groups is 1. The van der Waals surface area contributed by atoms with Gasteiger partial charge in [-0.05, 0) is 102 Å². The quantitative estimate of drug-likeness (QED) is 0.754. The molecule has 2 aliphatic rings. The summed E-state index contributed by atoms with van der Waals surface area (Å²) in [5, 5.41) is 2.08. The fraction of sp³-hybridized carbons (Fsp3) is 0.682. The third kappa shape index (κ3) is 4.45. The number of nitrogens with zero attached hydrogens (tertiary/aromatic N) is 1. The summed E-state index contributed by atoms with van der Waals surface area (Å²) in [4.78, 5) is 14.7. The Morgan fingerprint density at radius 1 is 1.00 bits per heavy atom. The van der Waals surface area contributed by atoms with Gasteiger partial charge in [-0.2, -0.15) is 0 Å². The van der Waals surface area contributed by atoms with Crippen LogP contribution in [0, 0.1) is 0 Å². The number of fused-ring (bicyclic) bond motifs is 2. The van der Waals surface area contributed by atoms with Gasteiger partial charge in [0.25, 0.3) is 10.0 Å². The zero-order valence-corrected chi connectivity index (χ0v) is 19.4. The van der Waals surface area contributed by atoms with E-state index in [0.717, 1.165) is 44.2 Å². The standard InChI is InChI=1S/C22H35N3O3S/c1-14(2)25(22(4,5)6)15(3)29(27,28)24-21(26)23-20-18-11-7-9-16(18)13-17-10-8-12-19(17)20/h13-15H,7-12H2,1-6H3,(H2,23,24,26). The van der Waals surface area contributed by atoms with Gasteiger partial charge < -0.3 is 5.32 Å². The molecular weight excluding hydrogens is 386 g/mol. The molecule has 0 saturated heterocycles. The van der Waals surface area contributed by atoms with E-state index in [1.165, 1.54) is 22.3 Å². The SMILES string of the molecule is CC(C)N(C(C)S(=O)(=O)NC(=O)Nc1c2c(cc3c1CCC3)CCC2)C(C)(C)C. The van der Waals surface area contributed by atoms with Crippen molar-refractivity contribution in [2.45, 2.75) is 97.0 Å². The molecule has 0 aliphatic heterocycles. The Morgan fingerprint density at radius 3 is 1.97 bits per heavy atom. The largest absolute Gasteiger partial charge is 0.332 e. The predicted octanol–water partition coefficient (Wildman–Crippen LogP) is 3.97. The van der Waals surface area contributed by atoms with E-state index >= 15 is 0 Å². The van der Waals surface area contributed by atoms with Crippen LogP contribution < -0.4 is 10.0 Å². The zero-order chi connectivity index (χ0) is 21.6. The van der Waals surface area contributed by atoms with Crippen molar-refractivity contribution in [2.75, 3.05) is 5.32 Å². The van der Waals surface area contributed by atoms with E-state index in [-0.39, 0.29) is 11.6 Å². The van der Waals surface area contributed by atoms with Gasteiger partial charge in [0.1, 0.15) is 5.37 Å². The molecule has 1 atom stereocenters. The van der Waals surface area contributed by atoms with Crippen LogP contribution in [0.5, 0.6) is 0 Å². The summed E-state index contributed by atoms with van der Waals surface area (Å²) in [6.45, 7) is 11.5. The lowest BCUT2D eigenvalue weighted by atomic mass is 9.99. The van der Waals surface area contributed by atoms with Gasteiger partial charge in [0.2, 0.25) is 0 Å². The second-order valence-corrected chi connectivity index (χ2v) is 11.6. The molecule has 6 nitrogen and oxygen atoms in total. The summed E-state index contributed by atoms with van der Waals surface area (Å²) in [6, 6.07) is 1.64. The lowest BCUT2D eigenvalue weighted by molar-refractivity contribution is 0.0876. The predicted molar refractivity (Wildman–Crippen MR) is 118 cm³/mol. The van der Waals surface area contributed by atoms with Crippen molar-refractivity contribution in [3.8, 4) is 0 Å². The highest BCUT2D eigenvalue weighted by atomic mass is 32.2. The number of anilines is 1. The fourth-order valence-corrected chi connectivity index (χ4v) is 6.55. The highest BCUT2D eigenvalue weighted by Crippen LogP contribution is 2.38. The third-order valence-electron chi connectivity index (χ3n) is 6.12. The van der Waals surface area contributed by atoms with Gasteiger partial charge in [-0.3, -0.25) is 4.90 Å². The average Bonchev–Trinajstić information content (AvgIpc) is 3.20. The van der Waals surface area contributed by atoms with E-state index < -0.39 is 21.4 Å². The van der Waals surface area contributed by atoms with Gasteiger partial charge >= 0.3 is 6.03 Å². The second-order valence-electron chi connectivity index (χ2n) is 9.61. The topological polar surface area (TPSA) is 78.5 Å². The summed E-state index contributed by atoms with van der Waals surface area (Å²) < 4.78 is 28.2. The Hall–Kier alpha value is -1.60. The number of urea groups is 1. The Kier molecular flexibility index (Phi) is 6.03. The minimum atomic E-state index is -3.87. The molecule has 0 aromatic heterocycles. The number of sulfonamides is 1. The van der Waals surface area contributed by atoms with E-state index in [4.69, 9.17) is 0 Å². The summed E-state index contributed by atoms with van der Waals surface area (Å²) in [6.07, 6.45) is 6.10. The number of hydrogen-bond acceptors (Lipinski definition) is 4. The van der Waals surface area contributed by atoms with Crippen LogP contribution in [0.2, 0.25) is 0 Å². The Balaban J connectivity index is 1.81. The lowest BCUT2D eigenvalue weighted by Gasteiger charge is -2.42. The van der Waals surface area contributed by atoms with E-state index in [1.54, 1.807) is 6.92 Å². The molecule has 0 heterocycles. The van der Waals surface area contributed by atoms with Crippen molar-refractivity contribution < 1.29 is 13.2 Å². The Morgan fingerprint density at radius 2 is 1.52 bits per heavy atom. The van der Waals surface area contributed by atoms with E-state index in [2.05, 4.69) is 16.1 Å². The molecule has 1 aromatic carbocycles. The van der Waals surface area contributed by atoms with Crippen LogP contribution in [0.3, 0.4) is 0 Å². The number of nitrogens with one attached hydrogen (secondary N) is 2. The number of rotatable bonds is 5. The molecule has 2 N–H and O–H groups in total. The summed E-state index contributed by atoms with van der Waals surface area (Å²) in [5.41, 5.74) is 5.48. The smallest absolute Gasteiger partial charge is 0.307 e. The van der Waals surface area contributed by atoms with Gasteiger partial charge in [-0.15, -0.1) is 0 Å². The molecule has 1 unspecified atom stereocenters. The van der Waals surface area contributed by atoms with E-state index in [9.17, 15) is 13.2 Å². The molecule has 2 aliphatic carbocycles. The van der Waals surface area contributed by atoms with Crippen LogP contribution in [-0.4, -0.2) is 36.3 Å². The molecule has 29 heavy (non-hydrogen) atoms. The van der Waals surface area contributed by atoms with Crippen LogP contribution >= 0.6 is 0 Å². The fourth-order valence-electron chi connectivity index (χ4n) is 5.21. The molecule has 1 aromatic rings. The maximum absolute atomic E-state index is 13.0. The van der Waals surface area contributed by atoms with Crippen molar-refractivity contribution in [1.82, 2.24) is 9.62 Å². The molecule has 162 valence electrons. The summed E-state index contributed by atoms with van der Waals surface area (Å²) in [5.74, 6) is 0. The third-order valence-corrected chi connectivity index (χ3v) is 7.71. The van der Waals surface area contributed by atoms with Crippen molar-refractivity contribution in [1.29, 1.82) is 0 Å². The first-order valence-electron chi connectivity index (χ1n) is 10.7. The molecule has 0 spiro atoms. The molecule has 0 radical (unpaired) electrons.